The van der Waals surface area contributed by atoms with Gasteiger partial charge in [0.2, 0.25) is 0 Å². The third kappa shape index (κ3) is 3.38. The van der Waals surface area contributed by atoms with E-state index in [0.29, 0.717) is 18.8 Å². The number of rotatable bonds is 6. The van der Waals surface area contributed by atoms with Crippen molar-refractivity contribution in [3.8, 4) is 11.5 Å². The highest BCUT2D eigenvalue weighted by Crippen LogP contribution is 2.28. The minimum absolute atomic E-state index is 0.0757. The molecule has 1 aromatic carbocycles. The first-order valence-electron chi connectivity index (χ1n) is 6.17. The van der Waals surface area contributed by atoms with E-state index in [-0.39, 0.29) is 5.75 Å². The first kappa shape index (κ1) is 15.3. The van der Waals surface area contributed by atoms with Gasteiger partial charge in [-0.1, -0.05) is 13.0 Å². The lowest BCUT2D eigenvalue weighted by atomic mass is 10.0. The highest BCUT2D eigenvalue weighted by molar-refractivity contribution is 5.77. The smallest absolute Gasteiger partial charge is 0.323 e. The van der Waals surface area contributed by atoms with Gasteiger partial charge in [0.25, 0.3) is 0 Å². The number of hydrogen-bond acceptors (Lipinski definition) is 4. The molecule has 0 spiro atoms. The summed E-state index contributed by atoms with van der Waals surface area (Å²) in [6.45, 7) is 6.37. The third-order valence-electron chi connectivity index (χ3n) is 3.31. The van der Waals surface area contributed by atoms with Crippen molar-refractivity contribution in [1.82, 2.24) is 4.90 Å². The number of ether oxygens (including phenoxy) is 1. The number of aromatic hydroxyl groups is 1. The molecule has 0 bridgehead atoms. The van der Waals surface area contributed by atoms with Crippen molar-refractivity contribution in [2.75, 3.05) is 13.7 Å². The molecule has 5 heteroatoms. The van der Waals surface area contributed by atoms with Crippen LogP contribution in [0.1, 0.15) is 26.3 Å². The quantitative estimate of drug-likeness (QED) is 0.826. The molecular weight excluding hydrogens is 246 g/mol. The molecule has 0 atom stereocenters. The summed E-state index contributed by atoms with van der Waals surface area (Å²) in [4.78, 5) is 13.1. The van der Waals surface area contributed by atoms with Crippen molar-refractivity contribution in [3.05, 3.63) is 23.8 Å². The molecule has 5 nitrogen and oxygen atoms in total. The molecule has 1 aromatic rings. The summed E-state index contributed by atoms with van der Waals surface area (Å²) < 4.78 is 5.05. The van der Waals surface area contributed by atoms with Gasteiger partial charge in [-0.3, -0.25) is 9.69 Å². The van der Waals surface area contributed by atoms with Crippen LogP contribution in [0.25, 0.3) is 0 Å². The Balaban J connectivity index is 2.96. The number of benzene rings is 1. The Morgan fingerprint density at radius 1 is 1.42 bits per heavy atom. The van der Waals surface area contributed by atoms with Crippen LogP contribution >= 0.6 is 0 Å². The molecule has 0 aliphatic carbocycles. The molecule has 0 saturated heterocycles. The number of carbonyl (C=O) groups is 1. The number of carboxylic acid groups (broad SMARTS) is 1. The fourth-order valence-corrected chi connectivity index (χ4v) is 1.88. The predicted molar refractivity (Wildman–Crippen MR) is 72.5 cm³/mol. The van der Waals surface area contributed by atoms with Gasteiger partial charge in [-0.05, 0) is 38.1 Å². The average Bonchev–Trinajstić information content (AvgIpc) is 2.37. The fourth-order valence-electron chi connectivity index (χ4n) is 1.88. The molecule has 0 amide bonds. The Bertz CT molecular complexity index is 457. The molecule has 2 N–H and O–H groups in total. The van der Waals surface area contributed by atoms with Gasteiger partial charge in [-0.2, -0.15) is 0 Å². The van der Waals surface area contributed by atoms with Crippen LogP contribution in [0.3, 0.4) is 0 Å². The molecule has 0 saturated carbocycles. The average molecular weight is 267 g/mol. The normalized spacial score (nSPS) is 11.6. The predicted octanol–water partition coefficient (Wildman–Crippen LogP) is 2.09. The second kappa shape index (κ2) is 5.93. The van der Waals surface area contributed by atoms with E-state index in [0.717, 1.165) is 5.56 Å². The van der Waals surface area contributed by atoms with Crippen molar-refractivity contribution in [3.63, 3.8) is 0 Å². The zero-order valence-electron chi connectivity index (χ0n) is 11.8. The van der Waals surface area contributed by atoms with Crippen LogP contribution in [-0.2, 0) is 11.3 Å². The summed E-state index contributed by atoms with van der Waals surface area (Å²) in [6, 6.07) is 5.03. The van der Waals surface area contributed by atoms with Gasteiger partial charge >= 0.3 is 5.97 Å². The zero-order valence-corrected chi connectivity index (χ0v) is 11.8. The van der Waals surface area contributed by atoms with Crippen LogP contribution in [0.15, 0.2) is 18.2 Å². The van der Waals surface area contributed by atoms with Crippen LogP contribution in [0.5, 0.6) is 11.5 Å². The van der Waals surface area contributed by atoms with Crippen molar-refractivity contribution in [1.29, 1.82) is 0 Å². The largest absolute Gasteiger partial charge is 0.504 e. The molecule has 106 valence electrons. The Morgan fingerprint density at radius 2 is 2.05 bits per heavy atom. The van der Waals surface area contributed by atoms with E-state index < -0.39 is 11.5 Å². The van der Waals surface area contributed by atoms with E-state index in [9.17, 15) is 15.0 Å². The van der Waals surface area contributed by atoms with Crippen molar-refractivity contribution >= 4 is 5.97 Å². The van der Waals surface area contributed by atoms with Gasteiger partial charge in [-0.25, -0.2) is 0 Å². The lowest BCUT2D eigenvalue weighted by Crippen LogP contribution is -2.49. The molecular formula is C14H21NO4. The molecule has 1 rings (SSSR count). The summed E-state index contributed by atoms with van der Waals surface area (Å²) in [7, 11) is 1.48. The van der Waals surface area contributed by atoms with E-state index >= 15 is 0 Å². The maximum atomic E-state index is 11.3. The molecule has 19 heavy (non-hydrogen) atoms. The maximum absolute atomic E-state index is 11.3. The molecule has 0 heterocycles. The summed E-state index contributed by atoms with van der Waals surface area (Å²) >= 11 is 0. The topological polar surface area (TPSA) is 70.0 Å². The van der Waals surface area contributed by atoms with Crippen molar-refractivity contribution in [2.45, 2.75) is 32.9 Å². The van der Waals surface area contributed by atoms with Crippen LogP contribution in [0, 0.1) is 0 Å². The number of phenolic OH excluding ortho intramolecular Hbond substituents is 1. The van der Waals surface area contributed by atoms with E-state index in [1.165, 1.54) is 7.11 Å². The first-order valence-corrected chi connectivity index (χ1v) is 6.17. The maximum Gasteiger partial charge on any atom is 0.323 e. The molecule has 0 unspecified atom stereocenters. The van der Waals surface area contributed by atoms with Gasteiger partial charge in [0.05, 0.1) is 7.11 Å². The van der Waals surface area contributed by atoms with Gasteiger partial charge in [0.1, 0.15) is 5.54 Å². The second-order valence-electron chi connectivity index (χ2n) is 4.88. The first-order chi connectivity index (χ1) is 8.82. The standard InChI is InChI=1S/C14H21NO4/c1-5-15(14(2,3)13(17)18)9-10-6-7-11(16)12(8-10)19-4/h6-8,16H,5,9H2,1-4H3,(H,17,18). The number of carboxylic acids is 1. The number of hydrogen-bond donors (Lipinski definition) is 2. The second-order valence-corrected chi connectivity index (χ2v) is 4.88. The van der Waals surface area contributed by atoms with Gasteiger partial charge in [0.15, 0.2) is 11.5 Å². The van der Waals surface area contributed by atoms with Crippen molar-refractivity contribution in [2.24, 2.45) is 0 Å². The van der Waals surface area contributed by atoms with Gasteiger partial charge < -0.3 is 14.9 Å². The minimum atomic E-state index is -0.945. The number of aliphatic carboxylic acids is 1. The lowest BCUT2D eigenvalue weighted by molar-refractivity contribution is -0.149. The van der Waals surface area contributed by atoms with Crippen molar-refractivity contribution < 1.29 is 19.7 Å². The van der Waals surface area contributed by atoms with E-state index in [1.54, 1.807) is 32.0 Å². The Hall–Kier alpha value is -1.75. The highest BCUT2D eigenvalue weighted by Gasteiger charge is 2.33. The number of phenols is 1. The highest BCUT2D eigenvalue weighted by atomic mass is 16.5. The number of likely N-dealkylation sites (N-methyl/N-ethyl adjacent to an activating group) is 1. The summed E-state index contributed by atoms with van der Waals surface area (Å²) in [5.41, 5.74) is -0.0503. The molecule has 0 fully saturated rings. The SMILES string of the molecule is CCN(Cc1ccc(O)c(OC)c1)C(C)(C)C(=O)O. The number of methoxy groups -OCH3 is 1. The van der Waals surface area contributed by atoms with Crippen LogP contribution in [0.4, 0.5) is 0 Å². The Kier molecular flexibility index (Phi) is 4.78. The van der Waals surface area contributed by atoms with Crippen LogP contribution < -0.4 is 4.74 Å². The monoisotopic (exact) mass is 267 g/mol. The number of nitrogens with zero attached hydrogens (tertiary/aromatic N) is 1. The fraction of sp³-hybridized carbons (Fsp3) is 0.500. The zero-order chi connectivity index (χ0) is 14.6. The lowest BCUT2D eigenvalue weighted by Gasteiger charge is -2.34. The van der Waals surface area contributed by atoms with E-state index in [4.69, 9.17) is 4.74 Å². The summed E-state index contributed by atoms with van der Waals surface area (Å²) in [5, 5.41) is 18.8. The van der Waals surface area contributed by atoms with Crippen LogP contribution in [0.2, 0.25) is 0 Å². The molecule has 0 aliphatic rings. The molecule has 0 aliphatic heterocycles. The third-order valence-corrected chi connectivity index (χ3v) is 3.31. The molecule has 0 aromatic heterocycles. The van der Waals surface area contributed by atoms with Gasteiger partial charge in [0, 0.05) is 6.54 Å². The van der Waals surface area contributed by atoms with E-state index in [1.807, 2.05) is 11.8 Å². The minimum Gasteiger partial charge on any atom is -0.504 e. The Morgan fingerprint density at radius 3 is 2.53 bits per heavy atom. The van der Waals surface area contributed by atoms with Crippen LogP contribution in [-0.4, -0.2) is 40.3 Å². The van der Waals surface area contributed by atoms with Gasteiger partial charge in [-0.15, -0.1) is 0 Å². The summed E-state index contributed by atoms with van der Waals surface area (Å²) in [5.74, 6) is -0.395. The summed E-state index contributed by atoms with van der Waals surface area (Å²) in [6.07, 6.45) is 0. The molecule has 0 radical (unpaired) electrons. The Labute approximate surface area is 113 Å². The van der Waals surface area contributed by atoms with E-state index in [2.05, 4.69) is 0 Å².